The maximum absolute atomic E-state index is 11.5. The van der Waals surface area contributed by atoms with E-state index in [1.807, 2.05) is 18.2 Å². The zero-order valence-electron chi connectivity index (χ0n) is 11.0. The van der Waals surface area contributed by atoms with E-state index in [9.17, 15) is 9.90 Å². The zero-order valence-corrected chi connectivity index (χ0v) is 11.0. The molecule has 5 heteroatoms. The number of hydrazine groups is 1. The standard InChI is InChI=1S/C14H21N3O2/c15-16-14(19)12-5-3-4-11(8-12)9-17-7-2-1-6-13(17)10-18/h3-5,8,13,18H,1-2,6-7,9-10,15H2,(H,16,19). The van der Waals surface area contributed by atoms with Crippen molar-refractivity contribution in [1.29, 1.82) is 0 Å². The quantitative estimate of drug-likeness (QED) is 0.423. The summed E-state index contributed by atoms with van der Waals surface area (Å²) >= 11 is 0. The second-order valence-electron chi connectivity index (χ2n) is 4.98. The summed E-state index contributed by atoms with van der Waals surface area (Å²) in [6.07, 6.45) is 3.39. The lowest BCUT2D eigenvalue weighted by Gasteiger charge is -2.34. The number of likely N-dealkylation sites (tertiary alicyclic amines) is 1. The van der Waals surface area contributed by atoms with Crippen molar-refractivity contribution in [2.24, 2.45) is 5.84 Å². The van der Waals surface area contributed by atoms with Crippen molar-refractivity contribution in [1.82, 2.24) is 10.3 Å². The van der Waals surface area contributed by atoms with Crippen LogP contribution in [0.5, 0.6) is 0 Å². The largest absolute Gasteiger partial charge is 0.395 e. The van der Waals surface area contributed by atoms with Gasteiger partial charge >= 0.3 is 0 Å². The van der Waals surface area contributed by atoms with Crippen LogP contribution in [0.15, 0.2) is 24.3 Å². The van der Waals surface area contributed by atoms with Gasteiger partial charge in [0.15, 0.2) is 0 Å². The van der Waals surface area contributed by atoms with Gasteiger partial charge in [-0.15, -0.1) is 0 Å². The molecule has 1 aliphatic rings. The Balaban J connectivity index is 2.07. The first-order valence-electron chi connectivity index (χ1n) is 6.69. The number of nitrogens with two attached hydrogens (primary N) is 1. The molecule has 1 atom stereocenters. The molecule has 4 N–H and O–H groups in total. The number of aliphatic hydroxyl groups is 1. The number of hydrogen-bond acceptors (Lipinski definition) is 4. The molecule has 0 radical (unpaired) electrons. The minimum Gasteiger partial charge on any atom is -0.395 e. The summed E-state index contributed by atoms with van der Waals surface area (Å²) in [5, 5.41) is 9.40. The molecular weight excluding hydrogens is 242 g/mol. The van der Waals surface area contributed by atoms with E-state index in [-0.39, 0.29) is 18.6 Å². The molecule has 1 aliphatic heterocycles. The van der Waals surface area contributed by atoms with E-state index in [4.69, 9.17) is 5.84 Å². The van der Waals surface area contributed by atoms with E-state index in [1.165, 1.54) is 12.8 Å². The number of nitrogens with zero attached hydrogens (tertiary/aromatic N) is 1. The van der Waals surface area contributed by atoms with Crippen LogP contribution < -0.4 is 11.3 Å². The van der Waals surface area contributed by atoms with Crippen molar-refractivity contribution in [3.8, 4) is 0 Å². The molecule has 1 amide bonds. The second-order valence-corrected chi connectivity index (χ2v) is 4.98. The summed E-state index contributed by atoms with van der Waals surface area (Å²) in [7, 11) is 0. The number of rotatable bonds is 4. The highest BCUT2D eigenvalue weighted by Crippen LogP contribution is 2.19. The van der Waals surface area contributed by atoms with Gasteiger partial charge in [0.05, 0.1) is 6.61 Å². The predicted molar refractivity (Wildman–Crippen MR) is 73.2 cm³/mol. The average Bonchev–Trinajstić information content (AvgIpc) is 2.47. The fourth-order valence-corrected chi connectivity index (χ4v) is 2.60. The highest BCUT2D eigenvalue weighted by Gasteiger charge is 2.21. The van der Waals surface area contributed by atoms with Crippen LogP contribution in [0.25, 0.3) is 0 Å². The Hall–Kier alpha value is -1.43. The summed E-state index contributed by atoms with van der Waals surface area (Å²) in [6, 6.07) is 7.69. The Morgan fingerprint density at radius 2 is 2.32 bits per heavy atom. The summed E-state index contributed by atoms with van der Waals surface area (Å²) in [5.74, 6) is 4.86. The molecule has 104 valence electrons. The lowest BCUT2D eigenvalue weighted by molar-refractivity contribution is 0.0840. The minimum absolute atomic E-state index is 0.197. The third-order valence-electron chi connectivity index (χ3n) is 3.67. The maximum atomic E-state index is 11.5. The molecule has 0 aromatic heterocycles. The molecule has 0 bridgehead atoms. The van der Waals surface area contributed by atoms with E-state index in [0.29, 0.717) is 5.56 Å². The first-order chi connectivity index (χ1) is 9.24. The number of nitrogens with one attached hydrogen (secondary N) is 1. The molecule has 0 spiro atoms. The topological polar surface area (TPSA) is 78.6 Å². The molecule has 1 aromatic rings. The lowest BCUT2D eigenvalue weighted by Crippen LogP contribution is -2.41. The van der Waals surface area contributed by atoms with Gasteiger partial charge in [0.25, 0.3) is 5.91 Å². The molecular formula is C14H21N3O2. The summed E-state index contributed by atoms with van der Waals surface area (Å²) in [5.41, 5.74) is 3.78. The van der Waals surface area contributed by atoms with Crippen LogP contribution in [0.1, 0.15) is 35.2 Å². The average molecular weight is 263 g/mol. The SMILES string of the molecule is NNC(=O)c1cccc(CN2CCCCC2CO)c1. The third-order valence-corrected chi connectivity index (χ3v) is 3.67. The van der Waals surface area contributed by atoms with Crippen molar-refractivity contribution in [2.75, 3.05) is 13.2 Å². The number of piperidine rings is 1. The molecule has 2 rings (SSSR count). The first kappa shape index (κ1) is 14.0. The molecule has 1 fully saturated rings. The molecule has 1 unspecified atom stereocenters. The van der Waals surface area contributed by atoms with Gasteiger partial charge in [-0.05, 0) is 37.1 Å². The molecule has 0 saturated carbocycles. The second kappa shape index (κ2) is 6.65. The van der Waals surface area contributed by atoms with E-state index < -0.39 is 0 Å². The van der Waals surface area contributed by atoms with Gasteiger partial charge in [-0.2, -0.15) is 0 Å². The van der Waals surface area contributed by atoms with Gasteiger partial charge in [0, 0.05) is 18.2 Å². The van der Waals surface area contributed by atoms with Crippen LogP contribution >= 0.6 is 0 Å². The first-order valence-corrected chi connectivity index (χ1v) is 6.69. The number of aliphatic hydroxyl groups excluding tert-OH is 1. The van der Waals surface area contributed by atoms with Gasteiger partial charge in [-0.1, -0.05) is 18.6 Å². The van der Waals surface area contributed by atoms with Gasteiger partial charge in [-0.25, -0.2) is 5.84 Å². The normalized spacial score (nSPS) is 20.2. The van der Waals surface area contributed by atoms with E-state index >= 15 is 0 Å². The molecule has 1 heterocycles. The van der Waals surface area contributed by atoms with Crippen molar-refractivity contribution < 1.29 is 9.90 Å². The summed E-state index contributed by atoms with van der Waals surface area (Å²) in [4.78, 5) is 13.8. The van der Waals surface area contributed by atoms with Crippen molar-refractivity contribution in [3.63, 3.8) is 0 Å². The third kappa shape index (κ3) is 3.53. The lowest BCUT2D eigenvalue weighted by atomic mass is 10.0. The van der Waals surface area contributed by atoms with E-state index in [0.717, 1.165) is 25.1 Å². The Kier molecular flexibility index (Phi) is 4.90. The fraction of sp³-hybridized carbons (Fsp3) is 0.500. The predicted octanol–water partition coefficient (Wildman–Crippen LogP) is 0.637. The molecule has 1 aromatic carbocycles. The smallest absolute Gasteiger partial charge is 0.265 e. The highest BCUT2D eigenvalue weighted by molar-refractivity contribution is 5.93. The zero-order chi connectivity index (χ0) is 13.7. The van der Waals surface area contributed by atoms with E-state index in [2.05, 4.69) is 10.3 Å². The Morgan fingerprint density at radius 1 is 1.47 bits per heavy atom. The van der Waals surface area contributed by atoms with E-state index in [1.54, 1.807) is 6.07 Å². The van der Waals surface area contributed by atoms with Crippen LogP contribution in [-0.4, -0.2) is 35.1 Å². The number of amides is 1. The van der Waals surface area contributed by atoms with Gasteiger partial charge in [-0.3, -0.25) is 15.1 Å². The monoisotopic (exact) mass is 263 g/mol. The van der Waals surface area contributed by atoms with Crippen LogP contribution in [-0.2, 0) is 6.54 Å². The molecule has 1 saturated heterocycles. The van der Waals surface area contributed by atoms with Crippen LogP contribution in [0, 0.1) is 0 Å². The summed E-state index contributed by atoms with van der Waals surface area (Å²) < 4.78 is 0. The van der Waals surface area contributed by atoms with Gasteiger partial charge in [0.1, 0.15) is 0 Å². The van der Waals surface area contributed by atoms with Crippen molar-refractivity contribution >= 4 is 5.91 Å². The fourth-order valence-electron chi connectivity index (χ4n) is 2.60. The van der Waals surface area contributed by atoms with Crippen LogP contribution in [0.2, 0.25) is 0 Å². The van der Waals surface area contributed by atoms with Crippen molar-refractivity contribution in [2.45, 2.75) is 31.8 Å². The Morgan fingerprint density at radius 3 is 3.05 bits per heavy atom. The van der Waals surface area contributed by atoms with Crippen molar-refractivity contribution in [3.05, 3.63) is 35.4 Å². The van der Waals surface area contributed by atoms with Crippen LogP contribution in [0.4, 0.5) is 0 Å². The molecule has 19 heavy (non-hydrogen) atoms. The number of carbonyl (C=O) groups is 1. The highest BCUT2D eigenvalue weighted by atomic mass is 16.3. The Labute approximate surface area is 113 Å². The number of carbonyl (C=O) groups excluding carboxylic acids is 1. The maximum Gasteiger partial charge on any atom is 0.265 e. The van der Waals surface area contributed by atoms with Gasteiger partial charge in [0.2, 0.25) is 0 Å². The Bertz CT molecular complexity index is 436. The molecule has 5 nitrogen and oxygen atoms in total. The van der Waals surface area contributed by atoms with Gasteiger partial charge < -0.3 is 5.11 Å². The number of benzene rings is 1. The minimum atomic E-state index is -0.279. The van der Waals surface area contributed by atoms with Crippen LogP contribution in [0.3, 0.4) is 0 Å². The number of hydrogen-bond donors (Lipinski definition) is 3. The summed E-state index contributed by atoms with van der Waals surface area (Å²) in [6.45, 7) is 1.96. The molecule has 0 aliphatic carbocycles. The number of nitrogen functional groups attached to an aromatic ring is 1.